The molecule has 0 fully saturated rings. The molecule has 3 N–H and O–H groups in total. The van der Waals surface area contributed by atoms with Gasteiger partial charge in [-0.1, -0.05) is 41.4 Å². The van der Waals surface area contributed by atoms with Gasteiger partial charge >= 0.3 is 0 Å². The van der Waals surface area contributed by atoms with E-state index in [2.05, 4.69) is 16.0 Å². The van der Waals surface area contributed by atoms with E-state index in [1.54, 1.807) is 42.5 Å². The third-order valence-corrected chi connectivity index (χ3v) is 4.79. The minimum absolute atomic E-state index is 0.0833. The average Bonchev–Trinajstić information content (AvgIpc) is 2.75. The zero-order valence-electron chi connectivity index (χ0n) is 14.2. The number of nitrogens with one attached hydrogen (secondary N) is 3. The van der Waals surface area contributed by atoms with E-state index in [-0.39, 0.29) is 37.1 Å². The lowest BCUT2D eigenvalue weighted by Crippen LogP contribution is -2.42. The van der Waals surface area contributed by atoms with Crippen LogP contribution in [0.1, 0.15) is 28.8 Å². The third kappa shape index (κ3) is 4.78. The molecule has 0 spiro atoms. The molecule has 8 heteroatoms. The SMILES string of the molecule is O=C(CC[C@H]1NC(=O)c2ccccc2NC1=O)NCc1ccc(Cl)cc1Cl. The van der Waals surface area contributed by atoms with Crippen molar-refractivity contribution in [3.63, 3.8) is 0 Å². The second-order valence-corrected chi connectivity index (χ2v) is 6.96. The Labute approximate surface area is 166 Å². The summed E-state index contributed by atoms with van der Waals surface area (Å²) in [5.41, 5.74) is 1.60. The number of rotatable bonds is 5. The second-order valence-electron chi connectivity index (χ2n) is 6.11. The maximum absolute atomic E-state index is 12.3. The molecule has 0 saturated carbocycles. The molecule has 3 rings (SSSR count). The van der Waals surface area contributed by atoms with Crippen molar-refractivity contribution in [1.82, 2.24) is 10.6 Å². The number of fused-ring (bicyclic) bond motifs is 1. The van der Waals surface area contributed by atoms with Crippen molar-refractivity contribution in [2.75, 3.05) is 5.32 Å². The lowest BCUT2D eigenvalue weighted by Gasteiger charge is -2.14. The second kappa shape index (κ2) is 8.41. The van der Waals surface area contributed by atoms with Gasteiger partial charge in [0.1, 0.15) is 6.04 Å². The molecule has 2 aromatic carbocycles. The van der Waals surface area contributed by atoms with Crippen LogP contribution in [0.3, 0.4) is 0 Å². The number of para-hydroxylation sites is 1. The molecule has 1 aliphatic rings. The number of benzene rings is 2. The summed E-state index contributed by atoms with van der Waals surface area (Å²) in [6.45, 7) is 0.253. The van der Waals surface area contributed by atoms with Crippen molar-refractivity contribution in [3.8, 4) is 0 Å². The molecule has 3 amide bonds. The summed E-state index contributed by atoms with van der Waals surface area (Å²) in [5.74, 6) is -0.936. The first-order valence-corrected chi connectivity index (χ1v) is 9.11. The van der Waals surface area contributed by atoms with E-state index in [1.165, 1.54) is 0 Å². The first-order valence-electron chi connectivity index (χ1n) is 8.35. The van der Waals surface area contributed by atoms with E-state index in [1.807, 2.05) is 0 Å². The van der Waals surface area contributed by atoms with Crippen molar-refractivity contribution in [1.29, 1.82) is 0 Å². The normalized spacial score (nSPS) is 16.0. The van der Waals surface area contributed by atoms with E-state index in [4.69, 9.17) is 23.2 Å². The van der Waals surface area contributed by atoms with Crippen LogP contribution >= 0.6 is 23.2 Å². The van der Waals surface area contributed by atoms with Crippen molar-refractivity contribution in [3.05, 3.63) is 63.6 Å². The fourth-order valence-electron chi connectivity index (χ4n) is 2.74. The van der Waals surface area contributed by atoms with Crippen molar-refractivity contribution in [2.24, 2.45) is 0 Å². The Morgan fingerprint density at radius 1 is 1.11 bits per heavy atom. The summed E-state index contributed by atoms with van der Waals surface area (Å²) in [6.07, 6.45) is 0.270. The average molecular weight is 406 g/mol. The fraction of sp³-hybridized carbons (Fsp3) is 0.211. The smallest absolute Gasteiger partial charge is 0.254 e. The molecule has 1 atom stereocenters. The van der Waals surface area contributed by atoms with Gasteiger partial charge in [0.25, 0.3) is 5.91 Å². The first-order chi connectivity index (χ1) is 12.9. The van der Waals surface area contributed by atoms with Crippen molar-refractivity contribution >= 4 is 46.6 Å². The van der Waals surface area contributed by atoms with E-state index < -0.39 is 6.04 Å². The lowest BCUT2D eigenvalue weighted by molar-refractivity contribution is -0.122. The summed E-state index contributed by atoms with van der Waals surface area (Å²) in [6, 6.07) is 11.0. The standard InChI is InChI=1S/C19H17Cl2N3O3/c20-12-6-5-11(14(21)9-12)10-22-17(25)8-7-16-19(27)23-15-4-2-1-3-13(15)18(26)24-16/h1-6,9,16H,7-8,10H2,(H,22,25)(H,23,27)(H,24,26)/t16-/m1/s1. The fourth-order valence-corrected chi connectivity index (χ4v) is 3.21. The zero-order chi connectivity index (χ0) is 19.4. The molecule has 27 heavy (non-hydrogen) atoms. The van der Waals surface area contributed by atoms with Crippen molar-refractivity contribution < 1.29 is 14.4 Å². The number of hydrogen-bond acceptors (Lipinski definition) is 3. The molecule has 1 heterocycles. The highest BCUT2D eigenvalue weighted by Gasteiger charge is 2.27. The highest BCUT2D eigenvalue weighted by atomic mass is 35.5. The Balaban J connectivity index is 1.54. The van der Waals surface area contributed by atoms with Gasteiger partial charge in [0.2, 0.25) is 11.8 Å². The summed E-state index contributed by atoms with van der Waals surface area (Å²) < 4.78 is 0. The van der Waals surface area contributed by atoms with Crippen LogP contribution in [0.5, 0.6) is 0 Å². The van der Waals surface area contributed by atoms with Crippen LogP contribution in [0.2, 0.25) is 10.0 Å². The van der Waals surface area contributed by atoms with Gasteiger partial charge in [-0.15, -0.1) is 0 Å². The monoisotopic (exact) mass is 405 g/mol. The van der Waals surface area contributed by atoms with Crippen LogP contribution in [0, 0.1) is 0 Å². The van der Waals surface area contributed by atoms with Gasteiger partial charge in [0, 0.05) is 23.0 Å². The summed E-state index contributed by atoms with van der Waals surface area (Å²) in [7, 11) is 0. The maximum Gasteiger partial charge on any atom is 0.254 e. The van der Waals surface area contributed by atoms with Crippen LogP contribution in [-0.2, 0) is 16.1 Å². The molecule has 0 aromatic heterocycles. The summed E-state index contributed by atoms with van der Waals surface area (Å²) in [4.78, 5) is 36.7. The molecule has 140 valence electrons. The number of amides is 3. The number of anilines is 1. The molecule has 0 unspecified atom stereocenters. The van der Waals surface area contributed by atoms with Gasteiger partial charge in [-0.05, 0) is 36.2 Å². The Morgan fingerprint density at radius 3 is 2.67 bits per heavy atom. The third-order valence-electron chi connectivity index (χ3n) is 4.20. The van der Waals surface area contributed by atoms with Crippen molar-refractivity contribution in [2.45, 2.75) is 25.4 Å². The molecular formula is C19H17Cl2N3O3. The van der Waals surface area contributed by atoms with E-state index >= 15 is 0 Å². The quantitative estimate of drug-likeness (QED) is 0.713. The highest BCUT2D eigenvalue weighted by molar-refractivity contribution is 6.35. The topological polar surface area (TPSA) is 87.3 Å². The van der Waals surface area contributed by atoms with Crippen LogP contribution in [0.15, 0.2) is 42.5 Å². The first kappa shape index (κ1) is 19.2. The highest BCUT2D eigenvalue weighted by Crippen LogP contribution is 2.21. The zero-order valence-corrected chi connectivity index (χ0v) is 15.7. The van der Waals surface area contributed by atoms with E-state index in [0.29, 0.717) is 21.3 Å². The van der Waals surface area contributed by atoms with E-state index in [0.717, 1.165) is 5.56 Å². The molecule has 0 bridgehead atoms. The van der Waals surface area contributed by atoms with Gasteiger partial charge in [0.05, 0.1) is 11.3 Å². The van der Waals surface area contributed by atoms with Gasteiger partial charge in [-0.2, -0.15) is 0 Å². The molecule has 2 aromatic rings. The van der Waals surface area contributed by atoms with Gasteiger partial charge < -0.3 is 16.0 Å². The largest absolute Gasteiger partial charge is 0.352 e. The molecule has 0 saturated heterocycles. The predicted octanol–water partition coefficient (Wildman–Crippen LogP) is 3.14. The Bertz CT molecular complexity index is 902. The van der Waals surface area contributed by atoms with E-state index in [9.17, 15) is 14.4 Å². The van der Waals surface area contributed by atoms with Crippen LogP contribution in [0.4, 0.5) is 5.69 Å². The van der Waals surface area contributed by atoms with Gasteiger partial charge in [0.15, 0.2) is 0 Å². The maximum atomic E-state index is 12.3. The molecule has 6 nitrogen and oxygen atoms in total. The van der Waals surface area contributed by atoms with Gasteiger partial charge in [-0.25, -0.2) is 0 Å². The molecule has 0 aliphatic carbocycles. The summed E-state index contributed by atoms with van der Waals surface area (Å²) in [5, 5.41) is 9.11. The number of carbonyl (C=O) groups excluding carboxylic acids is 3. The Kier molecular flexibility index (Phi) is 5.98. The minimum Gasteiger partial charge on any atom is -0.352 e. The predicted molar refractivity (Wildman–Crippen MR) is 104 cm³/mol. The van der Waals surface area contributed by atoms with Crippen LogP contribution in [-0.4, -0.2) is 23.8 Å². The molecule has 1 aliphatic heterocycles. The molecule has 0 radical (unpaired) electrons. The van der Waals surface area contributed by atoms with Crippen LogP contribution < -0.4 is 16.0 Å². The molecular weight excluding hydrogens is 389 g/mol. The summed E-state index contributed by atoms with van der Waals surface area (Å²) >= 11 is 11.9. The minimum atomic E-state index is -0.783. The number of hydrogen-bond donors (Lipinski definition) is 3. The number of halogens is 2. The number of carbonyl (C=O) groups is 3. The van der Waals surface area contributed by atoms with Gasteiger partial charge in [-0.3, -0.25) is 14.4 Å². The lowest BCUT2D eigenvalue weighted by atomic mass is 10.1. The Hall–Kier alpha value is -2.57. The van der Waals surface area contributed by atoms with Crippen LogP contribution in [0.25, 0.3) is 0 Å². The Morgan fingerprint density at radius 2 is 1.89 bits per heavy atom.